The predicted molar refractivity (Wildman–Crippen MR) is 79.3 cm³/mol. The first kappa shape index (κ1) is 18.7. The minimum atomic E-state index is -0.916. The van der Waals surface area contributed by atoms with Crippen molar-refractivity contribution >= 4 is 11.9 Å². The molecular formula is C16H28O4. The number of rotatable bonds is 10. The average molecular weight is 284 g/mol. The Morgan fingerprint density at radius 2 is 1.50 bits per heavy atom. The number of carbonyl (C=O) groups is 2. The maximum absolute atomic E-state index is 11.9. The molecule has 0 aromatic rings. The van der Waals surface area contributed by atoms with Gasteiger partial charge in [-0.1, -0.05) is 37.8 Å². The van der Waals surface area contributed by atoms with Crippen LogP contribution in [0.15, 0.2) is 11.6 Å². The number of esters is 2. The third kappa shape index (κ3) is 7.31. The summed E-state index contributed by atoms with van der Waals surface area (Å²) in [6.45, 7) is 7.93. The molecule has 0 heterocycles. The number of carbonyl (C=O) groups excluding carboxylic acids is 2. The van der Waals surface area contributed by atoms with Crippen LogP contribution in [0.2, 0.25) is 0 Å². The molecule has 0 unspecified atom stereocenters. The van der Waals surface area contributed by atoms with Gasteiger partial charge in [-0.2, -0.15) is 0 Å². The first-order valence-electron chi connectivity index (χ1n) is 7.58. The average Bonchev–Trinajstić information content (AvgIpc) is 2.39. The van der Waals surface area contributed by atoms with E-state index in [0.717, 1.165) is 18.4 Å². The Kier molecular flexibility index (Phi) is 10.7. The molecule has 0 rings (SSSR count). The van der Waals surface area contributed by atoms with E-state index in [1.165, 1.54) is 19.3 Å². The molecule has 0 saturated carbocycles. The number of hydrogen-bond donors (Lipinski definition) is 0. The molecule has 20 heavy (non-hydrogen) atoms. The van der Waals surface area contributed by atoms with Crippen molar-refractivity contribution in [2.24, 2.45) is 5.92 Å². The van der Waals surface area contributed by atoms with Gasteiger partial charge in [-0.25, -0.2) is 0 Å². The number of hydrogen-bond acceptors (Lipinski definition) is 4. The van der Waals surface area contributed by atoms with E-state index in [1.807, 2.05) is 6.08 Å². The molecule has 0 fully saturated rings. The molecule has 0 aromatic heterocycles. The SMILES string of the molecule is CCCCCCC=C(C)C(C(=O)OCC)C(=O)OCC. The highest BCUT2D eigenvalue weighted by Gasteiger charge is 2.30. The highest BCUT2D eigenvalue weighted by atomic mass is 16.6. The molecule has 0 radical (unpaired) electrons. The number of ether oxygens (including phenoxy) is 2. The first-order valence-corrected chi connectivity index (χ1v) is 7.58. The van der Waals surface area contributed by atoms with E-state index in [4.69, 9.17) is 9.47 Å². The van der Waals surface area contributed by atoms with E-state index in [9.17, 15) is 9.59 Å². The van der Waals surface area contributed by atoms with Gasteiger partial charge in [0.2, 0.25) is 0 Å². The van der Waals surface area contributed by atoms with Crippen molar-refractivity contribution in [1.82, 2.24) is 0 Å². The Labute approximate surface area is 122 Å². The van der Waals surface area contributed by atoms with Crippen LogP contribution >= 0.6 is 0 Å². The maximum Gasteiger partial charge on any atom is 0.324 e. The van der Waals surface area contributed by atoms with Crippen LogP contribution in [-0.2, 0) is 19.1 Å². The van der Waals surface area contributed by atoms with Crippen molar-refractivity contribution in [2.45, 2.75) is 59.8 Å². The summed E-state index contributed by atoms with van der Waals surface area (Å²) >= 11 is 0. The second-order valence-corrected chi connectivity index (χ2v) is 4.73. The third-order valence-corrected chi connectivity index (χ3v) is 3.02. The van der Waals surface area contributed by atoms with E-state index in [0.29, 0.717) is 0 Å². The van der Waals surface area contributed by atoms with E-state index >= 15 is 0 Å². The minimum Gasteiger partial charge on any atom is -0.465 e. The summed E-state index contributed by atoms with van der Waals surface area (Å²) in [5, 5.41) is 0. The molecule has 0 bridgehead atoms. The highest BCUT2D eigenvalue weighted by molar-refractivity contribution is 5.98. The van der Waals surface area contributed by atoms with Crippen LogP contribution in [0.25, 0.3) is 0 Å². The second kappa shape index (κ2) is 11.5. The summed E-state index contributed by atoms with van der Waals surface area (Å²) in [6.07, 6.45) is 7.48. The van der Waals surface area contributed by atoms with Gasteiger partial charge in [0.1, 0.15) is 0 Å². The summed E-state index contributed by atoms with van der Waals surface area (Å²) in [6, 6.07) is 0. The predicted octanol–water partition coefficient (Wildman–Crippen LogP) is 3.65. The molecule has 0 saturated heterocycles. The molecular weight excluding hydrogens is 256 g/mol. The van der Waals surface area contributed by atoms with Crippen LogP contribution in [0, 0.1) is 5.92 Å². The zero-order valence-electron chi connectivity index (χ0n) is 13.2. The lowest BCUT2D eigenvalue weighted by molar-refractivity contribution is -0.159. The number of allylic oxidation sites excluding steroid dienone is 1. The van der Waals surface area contributed by atoms with Gasteiger partial charge in [-0.3, -0.25) is 9.59 Å². The largest absolute Gasteiger partial charge is 0.465 e. The summed E-state index contributed by atoms with van der Waals surface area (Å²) in [5.41, 5.74) is 0.721. The van der Waals surface area contributed by atoms with Gasteiger partial charge < -0.3 is 9.47 Å². The topological polar surface area (TPSA) is 52.6 Å². The van der Waals surface area contributed by atoms with Crippen LogP contribution in [0.4, 0.5) is 0 Å². The molecule has 0 spiro atoms. The van der Waals surface area contributed by atoms with Crippen LogP contribution < -0.4 is 0 Å². The van der Waals surface area contributed by atoms with Crippen molar-refractivity contribution in [3.05, 3.63) is 11.6 Å². The van der Waals surface area contributed by atoms with E-state index in [2.05, 4.69) is 6.92 Å². The Bertz CT molecular complexity index is 302. The van der Waals surface area contributed by atoms with Gasteiger partial charge >= 0.3 is 11.9 Å². The highest BCUT2D eigenvalue weighted by Crippen LogP contribution is 2.17. The summed E-state index contributed by atoms with van der Waals surface area (Å²) < 4.78 is 9.91. The lowest BCUT2D eigenvalue weighted by Gasteiger charge is -2.15. The van der Waals surface area contributed by atoms with E-state index in [-0.39, 0.29) is 13.2 Å². The molecule has 0 aliphatic rings. The van der Waals surface area contributed by atoms with Crippen molar-refractivity contribution in [3.8, 4) is 0 Å². The monoisotopic (exact) mass is 284 g/mol. The smallest absolute Gasteiger partial charge is 0.324 e. The molecule has 0 amide bonds. The molecule has 0 aliphatic carbocycles. The third-order valence-electron chi connectivity index (χ3n) is 3.02. The van der Waals surface area contributed by atoms with Crippen molar-refractivity contribution in [1.29, 1.82) is 0 Å². The van der Waals surface area contributed by atoms with Crippen molar-refractivity contribution in [3.63, 3.8) is 0 Å². The van der Waals surface area contributed by atoms with E-state index < -0.39 is 17.9 Å². The second-order valence-electron chi connectivity index (χ2n) is 4.73. The molecule has 0 aliphatic heterocycles. The quantitative estimate of drug-likeness (QED) is 0.266. The lowest BCUT2D eigenvalue weighted by atomic mass is 9.98. The van der Waals surface area contributed by atoms with E-state index in [1.54, 1.807) is 20.8 Å². The van der Waals surface area contributed by atoms with Gasteiger partial charge in [0.05, 0.1) is 13.2 Å². The molecule has 4 nitrogen and oxygen atoms in total. The lowest BCUT2D eigenvalue weighted by Crippen LogP contribution is -2.29. The fourth-order valence-corrected chi connectivity index (χ4v) is 1.94. The van der Waals surface area contributed by atoms with Crippen LogP contribution in [0.1, 0.15) is 59.8 Å². The molecule has 0 atom stereocenters. The zero-order chi connectivity index (χ0) is 15.4. The van der Waals surface area contributed by atoms with Gasteiger partial charge in [0, 0.05) is 0 Å². The van der Waals surface area contributed by atoms with Crippen molar-refractivity contribution in [2.75, 3.05) is 13.2 Å². The minimum absolute atomic E-state index is 0.262. The summed E-state index contributed by atoms with van der Waals surface area (Å²) in [4.78, 5) is 23.7. The zero-order valence-corrected chi connectivity index (χ0v) is 13.2. The van der Waals surface area contributed by atoms with Crippen LogP contribution in [0.3, 0.4) is 0 Å². The summed E-state index contributed by atoms with van der Waals surface area (Å²) in [7, 11) is 0. The molecule has 116 valence electrons. The molecule has 0 N–H and O–H groups in total. The van der Waals surface area contributed by atoms with Gasteiger partial charge in [0.15, 0.2) is 5.92 Å². The first-order chi connectivity index (χ1) is 9.58. The van der Waals surface area contributed by atoms with Crippen LogP contribution in [0.5, 0.6) is 0 Å². The maximum atomic E-state index is 11.9. The number of unbranched alkanes of at least 4 members (excludes halogenated alkanes) is 4. The van der Waals surface area contributed by atoms with Gasteiger partial charge in [-0.15, -0.1) is 0 Å². The Balaban J connectivity index is 4.61. The van der Waals surface area contributed by atoms with Gasteiger partial charge in [-0.05, 0) is 33.6 Å². The Hall–Kier alpha value is -1.32. The van der Waals surface area contributed by atoms with Gasteiger partial charge in [0.25, 0.3) is 0 Å². The fourth-order valence-electron chi connectivity index (χ4n) is 1.94. The normalized spacial score (nSPS) is 11.6. The van der Waals surface area contributed by atoms with Crippen LogP contribution in [-0.4, -0.2) is 25.2 Å². The Morgan fingerprint density at radius 3 is 1.95 bits per heavy atom. The summed E-state index contributed by atoms with van der Waals surface area (Å²) in [5.74, 6) is -1.96. The Morgan fingerprint density at radius 1 is 0.950 bits per heavy atom. The standard InChI is InChI=1S/C16H28O4/c1-5-8-9-10-11-12-13(4)14(15(17)19-6-2)16(18)20-7-3/h12,14H,5-11H2,1-4H3. The molecule has 0 aromatic carbocycles. The van der Waals surface area contributed by atoms with Crippen molar-refractivity contribution < 1.29 is 19.1 Å². The molecule has 4 heteroatoms. The fraction of sp³-hybridized carbons (Fsp3) is 0.750.